The van der Waals surface area contributed by atoms with E-state index in [2.05, 4.69) is 31.6 Å². The van der Waals surface area contributed by atoms with E-state index in [-0.39, 0.29) is 23.0 Å². The summed E-state index contributed by atoms with van der Waals surface area (Å²) in [6.45, 7) is 0.792. The Morgan fingerprint density at radius 2 is 1.81 bits per heavy atom. The molecule has 5 nitrogen and oxygen atoms in total. The van der Waals surface area contributed by atoms with E-state index in [9.17, 15) is 12.8 Å². The predicted molar refractivity (Wildman–Crippen MR) is 106 cm³/mol. The van der Waals surface area contributed by atoms with Crippen LogP contribution in [0.2, 0.25) is 0 Å². The molecule has 2 aromatic rings. The molecular weight excluding hydrogens is 421 g/mol. The summed E-state index contributed by atoms with van der Waals surface area (Å²) in [4.78, 5) is 4.35. The van der Waals surface area contributed by atoms with Gasteiger partial charge in [0.05, 0.1) is 10.6 Å². The lowest BCUT2D eigenvalue weighted by Crippen LogP contribution is -2.40. The first-order chi connectivity index (χ1) is 12.4. The summed E-state index contributed by atoms with van der Waals surface area (Å²) in [7, 11) is -1.75. The number of rotatable bonds is 7. The Kier molecular flexibility index (Phi) is 7.59. The maximum atomic E-state index is 13.1. The van der Waals surface area contributed by atoms with Gasteiger partial charge in [-0.25, -0.2) is 12.8 Å². The van der Waals surface area contributed by atoms with E-state index in [0.29, 0.717) is 18.9 Å². The largest absolute Gasteiger partial charge is 0.356 e. The van der Waals surface area contributed by atoms with Gasteiger partial charge in [0.25, 0.3) is 0 Å². The Hall–Kier alpha value is -1.93. The summed E-state index contributed by atoms with van der Waals surface area (Å²) < 4.78 is 38.6. The van der Waals surface area contributed by atoms with E-state index < -0.39 is 9.84 Å². The molecule has 140 valence electrons. The van der Waals surface area contributed by atoms with Crippen molar-refractivity contribution in [2.24, 2.45) is 4.99 Å². The van der Waals surface area contributed by atoms with Gasteiger partial charge in [-0.1, -0.05) is 28.1 Å². The van der Waals surface area contributed by atoms with Crippen molar-refractivity contribution in [2.45, 2.75) is 11.3 Å². The minimum atomic E-state index is -3.36. The van der Waals surface area contributed by atoms with Crippen LogP contribution in [-0.2, 0) is 16.3 Å². The monoisotopic (exact) mass is 441 g/mol. The van der Waals surface area contributed by atoms with Crippen LogP contribution in [0.25, 0.3) is 0 Å². The SMILES string of the molecule is CN=C(NCCc1cccc(F)c1)NCCS(=O)(=O)c1ccc(Br)cc1. The molecule has 0 bridgehead atoms. The number of halogens is 2. The average Bonchev–Trinajstić information content (AvgIpc) is 2.61. The molecule has 26 heavy (non-hydrogen) atoms. The molecule has 0 heterocycles. The quantitative estimate of drug-likeness (QED) is 0.511. The third kappa shape index (κ3) is 6.42. The van der Waals surface area contributed by atoms with E-state index in [1.54, 1.807) is 37.4 Å². The summed E-state index contributed by atoms with van der Waals surface area (Å²) >= 11 is 3.29. The van der Waals surface area contributed by atoms with Crippen molar-refractivity contribution < 1.29 is 12.8 Å². The topological polar surface area (TPSA) is 70.6 Å². The number of sulfone groups is 1. The molecule has 0 aromatic heterocycles. The van der Waals surface area contributed by atoms with Crippen LogP contribution in [0.4, 0.5) is 4.39 Å². The fourth-order valence-corrected chi connectivity index (χ4v) is 3.72. The molecule has 0 radical (unpaired) electrons. The van der Waals surface area contributed by atoms with Crippen LogP contribution >= 0.6 is 15.9 Å². The van der Waals surface area contributed by atoms with Crippen LogP contribution in [-0.4, -0.2) is 40.3 Å². The van der Waals surface area contributed by atoms with Crippen LogP contribution < -0.4 is 10.6 Å². The third-order valence-electron chi connectivity index (χ3n) is 3.65. The number of aliphatic imine (C=N–C) groups is 1. The van der Waals surface area contributed by atoms with Crippen molar-refractivity contribution in [3.63, 3.8) is 0 Å². The minimum absolute atomic E-state index is 0.0424. The molecular formula is C18H21BrFN3O2S. The summed E-state index contributed by atoms with van der Waals surface area (Å²) in [5.41, 5.74) is 0.880. The highest BCUT2D eigenvalue weighted by Gasteiger charge is 2.14. The first-order valence-corrected chi connectivity index (χ1v) is 10.5. The Morgan fingerprint density at radius 1 is 1.12 bits per heavy atom. The van der Waals surface area contributed by atoms with Crippen molar-refractivity contribution in [3.8, 4) is 0 Å². The first-order valence-electron chi connectivity index (χ1n) is 8.08. The smallest absolute Gasteiger partial charge is 0.191 e. The van der Waals surface area contributed by atoms with Gasteiger partial charge in [0.1, 0.15) is 5.82 Å². The number of hydrogen-bond acceptors (Lipinski definition) is 3. The van der Waals surface area contributed by atoms with Gasteiger partial charge < -0.3 is 10.6 Å². The Bertz CT molecular complexity index is 855. The lowest BCUT2D eigenvalue weighted by Gasteiger charge is -2.12. The van der Waals surface area contributed by atoms with E-state index in [1.165, 1.54) is 12.1 Å². The van der Waals surface area contributed by atoms with Crippen molar-refractivity contribution in [1.29, 1.82) is 0 Å². The molecule has 0 fully saturated rings. The van der Waals surface area contributed by atoms with Gasteiger partial charge in [0, 0.05) is 24.6 Å². The zero-order valence-corrected chi connectivity index (χ0v) is 16.8. The predicted octanol–water partition coefficient (Wildman–Crippen LogP) is 2.77. The molecule has 8 heteroatoms. The molecule has 2 N–H and O–H groups in total. The standard InChI is InChI=1S/C18H21BrFN3O2S/c1-21-18(22-10-9-14-3-2-4-16(20)13-14)23-11-12-26(24,25)17-7-5-15(19)6-8-17/h2-8,13H,9-12H2,1H3,(H2,21,22,23). The Labute approximate surface area is 161 Å². The Balaban J connectivity index is 1.78. The zero-order valence-electron chi connectivity index (χ0n) is 14.4. The molecule has 0 amide bonds. The van der Waals surface area contributed by atoms with Gasteiger partial charge in [-0.05, 0) is 48.4 Å². The van der Waals surface area contributed by atoms with Crippen LogP contribution in [0.1, 0.15) is 5.56 Å². The summed E-state index contributed by atoms with van der Waals surface area (Å²) in [6, 6.07) is 13.0. The summed E-state index contributed by atoms with van der Waals surface area (Å²) in [5.74, 6) is 0.203. The number of nitrogens with zero attached hydrogens (tertiary/aromatic N) is 1. The second-order valence-electron chi connectivity index (χ2n) is 5.58. The van der Waals surface area contributed by atoms with Gasteiger partial charge in [0.15, 0.2) is 15.8 Å². The zero-order chi connectivity index (χ0) is 19.0. The summed E-state index contributed by atoms with van der Waals surface area (Å²) in [5, 5.41) is 6.07. The minimum Gasteiger partial charge on any atom is -0.356 e. The lowest BCUT2D eigenvalue weighted by molar-refractivity contribution is 0.594. The first kappa shape index (κ1) is 20.4. The molecule has 0 aliphatic heterocycles. The van der Waals surface area contributed by atoms with Crippen LogP contribution in [0.3, 0.4) is 0 Å². The van der Waals surface area contributed by atoms with Crippen LogP contribution in [0.5, 0.6) is 0 Å². The van der Waals surface area contributed by atoms with Crippen molar-refractivity contribution in [3.05, 3.63) is 64.4 Å². The van der Waals surface area contributed by atoms with E-state index >= 15 is 0 Å². The number of nitrogens with one attached hydrogen (secondary N) is 2. The fraction of sp³-hybridized carbons (Fsp3) is 0.278. The maximum absolute atomic E-state index is 13.1. The second kappa shape index (κ2) is 9.68. The number of hydrogen-bond donors (Lipinski definition) is 2. The van der Waals surface area contributed by atoms with Gasteiger partial charge >= 0.3 is 0 Å². The molecule has 0 unspecified atom stereocenters. The van der Waals surface area contributed by atoms with Crippen molar-refractivity contribution in [2.75, 3.05) is 25.9 Å². The third-order valence-corrected chi connectivity index (χ3v) is 5.92. The molecule has 0 spiro atoms. The number of benzene rings is 2. The van der Waals surface area contributed by atoms with Gasteiger partial charge in [-0.15, -0.1) is 0 Å². The van der Waals surface area contributed by atoms with Gasteiger partial charge in [0.2, 0.25) is 0 Å². The van der Waals surface area contributed by atoms with Crippen molar-refractivity contribution >= 4 is 31.7 Å². The highest BCUT2D eigenvalue weighted by atomic mass is 79.9. The number of guanidine groups is 1. The normalized spacial score (nSPS) is 12.0. The van der Waals surface area contributed by atoms with Crippen molar-refractivity contribution in [1.82, 2.24) is 10.6 Å². The fourth-order valence-electron chi connectivity index (χ4n) is 2.30. The van der Waals surface area contributed by atoms with Crippen LogP contribution in [0, 0.1) is 5.82 Å². The molecule has 2 aromatic carbocycles. The van der Waals surface area contributed by atoms with E-state index in [4.69, 9.17) is 0 Å². The highest BCUT2D eigenvalue weighted by molar-refractivity contribution is 9.10. The highest BCUT2D eigenvalue weighted by Crippen LogP contribution is 2.15. The lowest BCUT2D eigenvalue weighted by atomic mass is 10.1. The maximum Gasteiger partial charge on any atom is 0.191 e. The van der Waals surface area contributed by atoms with Gasteiger partial charge in [-0.3, -0.25) is 4.99 Å². The Morgan fingerprint density at radius 3 is 2.46 bits per heavy atom. The molecule has 0 aliphatic rings. The van der Waals surface area contributed by atoms with Crippen LogP contribution in [0.15, 0.2) is 62.9 Å². The van der Waals surface area contributed by atoms with E-state index in [0.717, 1.165) is 10.0 Å². The van der Waals surface area contributed by atoms with E-state index in [1.807, 2.05) is 6.07 Å². The summed E-state index contributed by atoms with van der Waals surface area (Å²) in [6.07, 6.45) is 0.635. The average molecular weight is 442 g/mol. The molecule has 0 aliphatic carbocycles. The second-order valence-corrected chi connectivity index (χ2v) is 8.60. The molecule has 0 saturated carbocycles. The molecule has 0 atom stereocenters. The molecule has 0 saturated heterocycles. The van der Waals surface area contributed by atoms with Gasteiger partial charge in [-0.2, -0.15) is 0 Å². The molecule has 2 rings (SSSR count).